The van der Waals surface area contributed by atoms with Crippen molar-refractivity contribution >= 4 is 39.2 Å². The molecular weight excluding hydrogens is 434 g/mol. The Bertz CT molecular complexity index is 1360. The Morgan fingerprint density at radius 3 is 2.61 bits per heavy atom. The second-order valence-electron chi connectivity index (χ2n) is 9.29. The van der Waals surface area contributed by atoms with Gasteiger partial charge in [0.1, 0.15) is 0 Å². The van der Waals surface area contributed by atoms with E-state index in [2.05, 4.69) is 22.9 Å². The molecule has 1 aliphatic heterocycles. The Morgan fingerprint density at radius 2 is 1.82 bits per heavy atom. The van der Waals surface area contributed by atoms with Gasteiger partial charge in [0, 0.05) is 42.7 Å². The van der Waals surface area contributed by atoms with E-state index >= 15 is 0 Å². The molecule has 0 bridgehead atoms. The zero-order chi connectivity index (χ0) is 22.9. The number of imidazole rings is 1. The van der Waals surface area contributed by atoms with Crippen LogP contribution in [0.2, 0.25) is 5.02 Å². The van der Waals surface area contributed by atoms with Crippen molar-refractivity contribution in [3.8, 4) is 0 Å². The first-order valence-corrected chi connectivity index (χ1v) is 12.0. The zero-order valence-corrected chi connectivity index (χ0v) is 19.5. The Hall–Kier alpha value is -2.89. The van der Waals surface area contributed by atoms with E-state index < -0.39 is 0 Å². The van der Waals surface area contributed by atoms with Gasteiger partial charge in [-0.05, 0) is 53.8 Å². The highest BCUT2D eigenvalue weighted by atomic mass is 35.5. The summed E-state index contributed by atoms with van der Waals surface area (Å²) < 4.78 is 1.88. The summed E-state index contributed by atoms with van der Waals surface area (Å²) in [5.41, 5.74) is 2.42. The Morgan fingerprint density at radius 1 is 1.06 bits per heavy atom. The van der Waals surface area contributed by atoms with Crippen molar-refractivity contribution in [2.45, 2.75) is 32.2 Å². The van der Waals surface area contributed by atoms with Gasteiger partial charge >= 0.3 is 5.69 Å². The highest BCUT2D eigenvalue weighted by molar-refractivity contribution is 6.31. The molecule has 170 valence electrons. The molecule has 5 nitrogen and oxygen atoms in total. The average molecular weight is 462 g/mol. The number of ketones is 1. The molecule has 1 fully saturated rings. The molecule has 0 aliphatic carbocycles. The van der Waals surface area contributed by atoms with E-state index in [1.165, 1.54) is 0 Å². The van der Waals surface area contributed by atoms with Crippen molar-refractivity contribution in [3.63, 3.8) is 0 Å². The summed E-state index contributed by atoms with van der Waals surface area (Å²) in [5, 5.41) is 2.88. The lowest BCUT2D eigenvalue weighted by atomic mass is 9.96. The summed E-state index contributed by atoms with van der Waals surface area (Å²) in [5.74, 6) is 0.477. The van der Waals surface area contributed by atoms with Crippen LogP contribution in [0.25, 0.3) is 21.8 Å². The lowest BCUT2D eigenvalue weighted by Crippen LogP contribution is -2.39. The molecule has 0 amide bonds. The van der Waals surface area contributed by atoms with Crippen LogP contribution in [0.4, 0.5) is 0 Å². The van der Waals surface area contributed by atoms with Gasteiger partial charge in [-0.3, -0.25) is 9.36 Å². The Kier molecular flexibility index (Phi) is 6.09. The molecule has 6 heteroatoms. The number of nitrogens with one attached hydrogen (secondary N) is 1. The third-order valence-electron chi connectivity index (χ3n) is 6.78. The van der Waals surface area contributed by atoms with E-state index in [1.807, 2.05) is 53.1 Å². The highest BCUT2D eigenvalue weighted by Crippen LogP contribution is 2.27. The van der Waals surface area contributed by atoms with Crippen LogP contribution in [0, 0.1) is 5.92 Å². The third-order valence-corrected chi connectivity index (χ3v) is 7.01. The van der Waals surface area contributed by atoms with Crippen LogP contribution in [0.3, 0.4) is 0 Å². The molecule has 33 heavy (non-hydrogen) atoms. The number of H-pyrrole nitrogens is 1. The van der Waals surface area contributed by atoms with Gasteiger partial charge in [0.15, 0.2) is 5.78 Å². The minimum absolute atomic E-state index is 0.0694. The topological polar surface area (TPSA) is 58.1 Å². The van der Waals surface area contributed by atoms with Crippen molar-refractivity contribution in [3.05, 3.63) is 81.7 Å². The van der Waals surface area contributed by atoms with E-state index in [1.54, 1.807) is 6.07 Å². The summed E-state index contributed by atoms with van der Waals surface area (Å²) in [6.07, 6.45) is 2.38. The molecule has 4 aromatic rings. The van der Waals surface area contributed by atoms with E-state index in [9.17, 15) is 9.59 Å². The Balaban J connectivity index is 1.18. The number of carbonyl (C=O) groups excluding carboxylic acids is 1. The predicted molar refractivity (Wildman–Crippen MR) is 134 cm³/mol. The number of halogens is 1. The van der Waals surface area contributed by atoms with Crippen LogP contribution in [-0.4, -0.2) is 39.9 Å². The Labute approximate surface area is 198 Å². The number of aromatic amines is 1. The number of Topliss-reactive ketones (excluding diaryl/α,β-unsaturated/α-hetero) is 1. The van der Waals surface area contributed by atoms with Gasteiger partial charge in [0.25, 0.3) is 0 Å². The van der Waals surface area contributed by atoms with Crippen LogP contribution >= 0.6 is 11.6 Å². The molecule has 1 aliphatic rings. The number of aromatic nitrogens is 2. The van der Waals surface area contributed by atoms with Crippen molar-refractivity contribution in [1.29, 1.82) is 0 Å². The first-order chi connectivity index (χ1) is 16.0. The van der Waals surface area contributed by atoms with Crippen LogP contribution in [0.5, 0.6) is 0 Å². The van der Waals surface area contributed by atoms with Gasteiger partial charge in [-0.15, -0.1) is 0 Å². The van der Waals surface area contributed by atoms with Crippen molar-refractivity contribution in [2.75, 3.05) is 19.6 Å². The summed E-state index contributed by atoms with van der Waals surface area (Å²) in [4.78, 5) is 30.8. The molecule has 1 saturated heterocycles. The van der Waals surface area contributed by atoms with E-state index in [4.69, 9.17) is 11.6 Å². The summed E-state index contributed by atoms with van der Waals surface area (Å²) in [6, 6.07) is 19.8. The molecule has 1 atom stereocenters. The number of likely N-dealkylation sites (tertiary alicyclic amines) is 1. The maximum atomic E-state index is 12.9. The fraction of sp³-hybridized carbons (Fsp3) is 0.333. The number of hydrogen-bond acceptors (Lipinski definition) is 3. The molecule has 0 spiro atoms. The van der Waals surface area contributed by atoms with Gasteiger partial charge in [-0.25, -0.2) is 4.79 Å². The van der Waals surface area contributed by atoms with Crippen LogP contribution in [0.15, 0.2) is 65.5 Å². The maximum absolute atomic E-state index is 12.9. The lowest BCUT2D eigenvalue weighted by molar-refractivity contribution is 0.0941. The number of rotatable bonds is 6. The van der Waals surface area contributed by atoms with Crippen molar-refractivity contribution in [1.82, 2.24) is 14.5 Å². The zero-order valence-electron chi connectivity index (χ0n) is 18.8. The quantitative estimate of drug-likeness (QED) is 0.376. The van der Waals surface area contributed by atoms with Gasteiger partial charge in [-0.1, -0.05) is 54.9 Å². The van der Waals surface area contributed by atoms with Gasteiger partial charge in [0.05, 0.1) is 11.0 Å². The van der Waals surface area contributed by atoms with Crippen molar-refractivity contribution in [2.24, 2.45) is 5.92 Å². The molecule has 5 rings (SSSR count). The third kappa shape index (κ3) is 4.61. The second kappa shape index (κ2) is 9.16. The highest BCUT2D eigenvalue weighted by Gasteiger charge is 2.25. The summed E-state index contributed by atoms with van der Waals surface area (Å²) in [7, 11) is 0. The number of benzene rings is 3. The van der Waals surface area contributed by atoms with Crippen molar-refractivity contribution < 1.29 is 4.79 Å². The van der Waals surface area contributed by atoms with Gasteiger partial charge < -0.3 is 9.88 Å². The lowest BCUT2D eigenvalue weighted by Gasteiger charge is -2.34. The first kappa shape index (κ1) is 21.9. The first-order valence-electron chi connectivity index (χ1n) is 11.6. The SMILES string of the molecule is C[C@H](CC(=O)c1ccc2ccccc2c1)CN1CCC(n2c(=O)[nH]c3cc(Cl)ccc32)CC1. The molecule has 0 radical (unpaired) electrons. The molecule has 1 N–H and O–H groups in total. The fourth-order valence-electron chi connectivity index (χ4n) is 5.13. The van der Waals surface area contributed by atoms with Crippen LogP contribution in [0.1, 0.15) is 42.6 Å². The van der Waals surface area contributed by atoms with Crippen LogP contribution < -0.4 is 5.69 Å². The largest absolute Gasteiger partial charge is 0.326 e. The molecule has 1 aromatic heterocycles. The second-order valence-corrected chi connectivity index (χ2v) is 9.72. The predicted octanol–water partition coefficient (Wildman–Crippen LogP) is 5.68. The summed E-state index contributed by atoms with van der Waals surface area (Å²) in [6.45, 7) is 4.89. The molecular formula is C27H28ClN3O2. The molecule has 0 unspecified atom stereocenters. The molecule has 2 heterocycles. The summed E-state index contributed by atoms with van der Waals surface area (Å²) >= 11 is 6.07. The minimum Gasteiger partial charge on any atom is -0.305 e. The van der Waals surface area contributed by atoms with Gasteiger partial charge in [-0.2, -0.15) is 0 Å². The van der Waals surface area contributed by atoms with Gasteiger partial charge in [0.2, 0.25) is 0 Å². The number of fused-ring (bicyclic) bond motifs is 2. The van der Waals surface area contributed by atoms with E-state index in [-0.39, 0.29) is 23.4 Å². The smallest absolute Gasteiger partial charge is 0.305 e. The normalized spacial score (nSPS) is 16.4. The minimum atomic E-state index is -0.0694. The van der Waals surface area contributed by atoms with E-state index in [0.717, 1.165) is 59.8 Å². The fourth-order valence-corrected chi connectivity index (χ4v) is 5.30. The standard InChI is InChI=1S/C27H28ClN3O2/c1-18(14-26(32)21-7-6-19-4-2-3-5-20(19)15-21)17-30-12-10-23(11-13-30)31-25-9-8-22(28)16-24(25)29-27(31)33/h2-9,15-16,18,23H,10-14,17H2,1H3,(H,29,33)/t18-/m1/s1. The van der Waals surface area contributed by atoms with Crippen LogP contribution in [-0.2, 0) is 0 Å². The molecule has 3 aromatic carbocycles. The number of nitrogens with zero attached hydrogens (tertiary/aromatic N) is 2. The number of carbonyl (C=O) groups is 1. The molecule has 0 saturated carbocycles. The monoisotopic (exact) mass is 461 g/mol. The number of piperidine rings is 1. The number of hydrogen-bond donors (Lipinski definition) is 1. The average Bonchev–Trinajstić information content (AvgIpc) is 3.13. The maximum Gasteiger partial charge on any atom is 0.326 e. The van der Waals surface area contributed by atoms with E-state index in [0.29, 0.717) is 11.4 Å².